The molecule has 0 aliphatic rings. The van der Waals surface area contributed by atoms with Crippen molar-refractivity contribution < 1.29 is 0 Å². The molecule has 2 N–H and O–H groups in total. The molecule has 0 aliphatic heterocycles. The Hall–Kier alpha value is -0.820. The molecule has 96 valence electrons. The Bertz CT molecular complexity index is 330. The van der Waals surface area contributed by atoms with Crippen molar-refractivity contribution in [3.8, 4) is 0 Å². The Balaban J connectivity index is 2.45. The van der Waals surface area contributed by atoms with Gasteiger partial charge >= 0.3 is 0 Å². The molecule has 1 aromatic rings. The first kappa shape index (κ1) is 14.2. The Kier molecular flexibility index (Phi) is 6.28. The quantitative estimate of drug-likeness (QED) is 0.750. The minimum Gasteiger partial charge on any atom is -0.326 e. The van der Waals surface area contributed by atoms with Crippen molar-refractivity contribution in [2.75, 3.05) is 0 Å². The van der Waals surface area contributed by atoms with E-state index in [-0.39, 0.29) is 0 Å². The fraction of sp³-hybridized carbons (Fsp3) is 0.625. The van der Waals surface area contributed by atoms with Crippen LogP contribution in [-0.4, -0.2) is 0 Å². The fourth-order valence-corrected chi connectivity index (χ4v) is 2.40. The molecule has 0 fully saturated rings. The predicted molar refractivity (Wildman–Crippen MR) is 76.1 cm³/mol. The highest BCUT2D eigenvalue weighted by molar-refractivity contribution is 5.31. The highest BCUT2D eigenvalue weighted by atomic mass is 14.5. The summed E-state index contributed by atoms with van der Waals surface area (Å²) in [4.78, 5) is 0. The number of aryl methyl sites for hydroxylation is 2. The van der Waals surface area contributed by atoms with Gasteiger partial charge in [-0.2, -0.15) is 0 Å². The van der Waals surface area contributed by atoms with Gasteiger partial charge in [0, 0.05) is 6.54 Å². The molecule has 0 heterocycles. The van der Waals surface area contributed by atoms with Gasteiger partial charge < -0.3 is 5.73 Å². The van der Waals surface area contributed by atoms with Gasteiger partial charge in [-0.05, 0) is 42.4 Å². The van der Waals surface area contributed by atoms with E-state index in [0.717, 1.165) is 5.92 Å². The van der Waals surface area contributed by atoms with Crippen LogP contribution in [0.5, 0.6) is 0 Å². The third-order valence-electron chi connectivity index (χ3n) is 3.57. The van der Waals surface area contributed by atoms with E-state index in [1.165, 1.54) is 48.8 Å². The average Bonchev–Trinajstić information content (AvgIpc) is 2.32. The van der Waals surface area contributed by atoms with Crippen molar-refractivity contribution in [2.45, 2.75) is 59.4 Å². The first-order valence-electron chi connectivity index (χ1n) is 6.95. The standard InChI is InChI=1S/C16H27N/c1-4-6-13(2)7-5-8-16-11-15(12-17)10-9-14(16)3/h9-11,13H,4-8,12,17H2,1-3H3. The molecule has 1 rings (SSSR count). The second kappa shape index (κ2) is 7.50. The van der Waals surface area contributed by atoms with Crippen molar-refractivity contribution in [2.24, 2.45) is 11.7 Å². The molecular weight excluding hydrogens is 206 g/mol. The lowest BCUT2D eigenvalue weighted by atomic mass is 9.95. The molecule has 0 saturated carbocycles. The summed E-state index contributed by atoms with van der Waals surface area (Å²) < 4.78 is 0. The third kappa shape index (κ3) is 4.91. The van der Waals surface area contributed by atoms with Gasteiger partial charge in [-0.1, -0.05) is 51.3 Å². The van der Waals surface area contributed by atoms with Crippen LogP contribution in [0.15, 0.2) is 18.2 Å². The van der Waals surface area contributed by atoms with E-state index in [2.05, 4.69) is 39.0 Å². The minimum absolute atomic E-state index is 0.652. The van der Waals surface area contributed by atoms with E-state index in [1.807, 2.05) is 0 Å². The van der Waals surface area contributed by atoms with Gasteiger partial charge in [0.1, 0.15) is 0 Å². The van der Waals surface area contributed by atoms with Crippen LogP contribution in [0.25, 0.3) is 0 Å². The van der Waals surface area contributed by atoms with Gasteiger partial charge in [-0.15, -0.1) is 0 Å². The molecule has 0 radical (unpaired) electrons. The van der Waals surface area contributed by atoms with Crippen LogP contribution in [0.4, 0.5) is 0 Å². The fourth-order valence-electron chi connectivity index (χ4n) is 2.40. The average molecular weight is 233 g/mol. The van der Waals surface area contributed by atoms with Crippen LogP contribution in [0.2, 0.25) is 0 Å². The number of hydrogen-bond donors (Lipinski definition) is 1. The summed E-state index contributed by atoms with van der Waals surface area (Å²) in [6.45, 7) is 7.49. The summed E-state index contributed by atoms with van der Waals surface area (Å²) in [5, 5.41) is 0. The topological polar surface area (TPSA) is 26.0 Å². The molecule has 1 nitrogen and oxygen atoms in total. The van der Waals surface area contributed by atoms with E-state index in [9.17, 15) is 0 Å². The van der Waals surface area contributed by atoms with Crippen molar-refractivity contribution in [1.29, 1.82) is 0 Å². The van der Waals surface area contributed by atoms with E-state index in [4.69, 9.17) is 5.73 Å². The van der Waals surface area contributed by atoms with Gasteiger partial charge in [0.05, 0.1) is 0 Å². The maximum atomic E-state index is 5.69. The van der Waals surface area contributed by atoms with Crippen molar-refractivity contribution >= 4 is 0 Å². The predicted octanol–water partition coefficient (Wildman–Crippen LogP) is 4.21. The maximum absolute atomic E-state index is 5.69. The molecule has 17 heavy (non-hydrogen) atoms. The maximum Gasteiger partial charge on any atom is 0.0178 e. The normalized spacial score (nSPS) is 12.7. The van der Waals surface area contributed by atoms with Crippen molar-refractivity contribution in [3.63, 3.8) is 0 Å². The van der Waals surface area contributed by atoms with Gasteiger partial charge in [0.15, 0.2) is 0 Å². The van der Waals surface area contributed by atoms with E-state index < -0.39 is 0 Å². The zero-order valence-corrected chi connectivity index (χ0v) is 11.6. The lowest BCUT2D eigenvalue weighted by molar-refractivity contribution is 0.469. The van der Waals surface area contributed by atoms with Crippen LogP contribution in [-0.2, 0) is 13.0 Å². The molecule has 1 atom stereocenters. The Morgan fingerprint density at radius 2 is 2.00 bits per heavy atom. The molecule has 1 unspecified atom stereocenters. The molecule has 0 aliphatic carbocycles. The van der Waals surface area contributed by atoms with Gasteiger partial charge in [0.2, 0.25) is 0 Å². The SMILES string of the molecule is CCCC(C)CCCc1cc(CN)ccc1C. The number of benzene rings is 1. The minimum atomic E-state index is 0.652. The lowest BCUT2D eigenvalue weighted by Crippen LogP contribution is -2.00. The van der Waals surface area contributed by atoms with Crippen molar-refractivity contribution in [1.82, 2.24) is 0 Å². The molecular formula is C16H27N. The van der Waals surface area contributed by atoms with Crippen LogP contribution >= 0.6 is 0 Å². The zero-order valence-electron chi connectivity index (χ0n) is 11.6. The van der Waals surface area contributed by atoms with E-state index in [0.29, 0.717) is 6.54 Å². The number of rotatable bonds is 7. The first-order valence-corrected chi connectivity index (χ1v) is 6.95. The zero-order chi connectivity index (χ0) is 12.7. The van der Waals surface area contributed by atoms with Gasteiger partial charge in [-0.25, -0.2) is 0 Å². The van der Waals surface area contributed by atoms with Crippen LogP contribution in [0.3, 0.4) is 0 Å². The Labute approximate surface area is 106 Å². The third-order valence-corrected chi connectivity index (χ3v) is 3.57. The summed E-state index contributed by atoms with van der Waals surface area (Å²) in [5.41, 5.74) is 9.83. The number of hydrogen-bond acceptors (Lipinski definition) is 1. The monoisotopic (exact) mass is 233 g/mol. The highest BCUT2D eigenvalue weighted by Gasteiger charge is 2.03. The molecule has 0 spiro atoms. The summed E-state index contributed by atoms with van der Waals surface area (Å²) in [5.74, 6) is 0.873. The van der Waals surface area contributed by atoms with Crippen LogP contribution in [0, 0.1) is 12.8 Å². The molecule has 0 amide bonds. The lowest BCUT2D eigenvalue weighted by Gasteiger charge is -2.11. The highest BCUT2D eigenvalue weighted by Crippen LogP contribution is 2.17. The van der Waals surface area contributed by atoms with Crippen molar-refractivity contribution in [3.05, 3.63) is 34.9 Å². The van der Waals surface area contributed by atoms with E-state index in [1.54, 1.807) is 0 Å². The van der Waals surface area contributed by atoms with Crippen LogP contribution in [0.1, 0.15) is 56.2 Å². The van der Waals surface area contributed by atoms with Gasteiger partial charge in [0.25, 0.3) is 0 Å². The molecule has 1 aromatic carbocycles. The van der Waals surface area contributed by atoms with Crippen LogP contribution < -0.4 is 5.73 Å². The second-order valence-corrected chi connectivity index (χ2v) is 5.25. The smallest absolute Gasteiger partial charge is 0.0178 e. The van der Waals surface area contributed by atoms with Gasteiger partial charge in [-0.3, -0.25) is 0 Å². The molecule has 1 heteroatoms. The summed E-state index contributed by atoms with van der Waals surface area (Å²) >= 11 is 0. The largest absolute Gasteiger partial charge is 0.326 e. The summed E-state index contributed by atoms with van der Waals surface area (Å²) in [7, 11) is 0. The first-order chi connectivity index (χ1) is 8.17. The molecule has 0 saturated heterocycles. The Morgan fingerprint density at radius 3 is 2.65 bits per heavy atom. The van der Waals surface area contributed by atoms with E-state index >= 15 is 0 Å². The second-order valence-electron chi connectivity index (χ2n) is 5.25. The Morgan fingerprint density at radius 1 is 1.24 bits per heavy atom. The molecule has 0 aromatic heterocycles. The molecule has 0 bridgehead atoms. The summed E-state index contributed by atoms with van der Waals surface area (Å²) in [6, 6.07) is 6.62. The number of nitrogens with two attached hydrogens (primary N) is 1. The summed E-state index contributed by atoms with van der Waals surface area (Å²) in [6.07, 6.45) is 6.52.